The summed E-state index contributed by atoms with van der Waals surface area (Å²) in [5, 5.41) is 7.69. The Labute approximate surface area is 124 Å². The summed E-state index contributed by atoms with van der Waals surface area (Å²) in [6.45, 7) is 0. The number of halogens is 1. The Kier molecular flexibility index (Phi) is 2.60. The molecule has 4 aromatic rings. The molecule has 0 atom stereocenters. The van der Waals surface area contributed by atoms with Gasteiger partial charge in [0.2, 0.25) is 0 Å². The van der Waals surface area contributed by atoms with Gasteiger partial charge in [-0.3, -0.25) is 0 Å². The topological polar surface area (TPSA) is 26.0 Å². The zero-order valence-corrected chi connectivity index (χ0v) is 12.1. The Morgan fingerprint density at radius 3 is 2.55 bits per heavy atom. The zero-order chi connectivity index (χ0) is 13.5. The Balaban J connectivity index is 2.16. The van der Waals surface area contributed by atoms with Crippen molar-refractivity contribution in [3.05, 3.63) is 65.1 Å². The first-order valence-corrected chi connectivity index (χ1v) is 7.16. The van der Waals surface area contributed by atoms with Crippen molar-refractivity contribution in [2.75, 3.05) is 0 Å². The number of fused-ring (bicyclic) bond motifs is 3. The number of rotatable bonds is 1. The van der Waals surface area contributed by atoms with Crippen LogP contribution in [0.4, 0.5) is 0 Å². The van der Waals surface area contributed by atoms with Crippen LogP contribution in [0.3, 0.4) is 0 Å². The van der Waals surface area contributed by atoms with Crippen LogP contribution in [0.15, 0.2) is 69.7 Å². The van der Waals surface area contributed by atoms with Crippen LogP contribution in [-0.2, 0) is 0 Å². The summed E-state index contributed by atoms with van der Waals surface area (Å²) in [6.07, 6.45) is 0. The van der Waals surface area contributed by atoms with Gasteiger partial charge in [0.15, 0.2) is 5.58 Å². The number of aromatic nitrogens is 1. The summed E-state index contributed by atoms with van der Waals surface area (Å²) in [7, 11) is 0. The summed E-state index contributed by atoms with van der Waals surface area (Å²) in [4.78, 5) is 0. The Morgan fingerprint density at radius 1 is 0.850 bits per heavy atom. The third-order valence-electron chi connectivity index (χ3n) is 3.49. The lowest BCUT2D eigenvalue weighted by Gasteiger charge is -2.02. The Hall–Kier alpha value is -2.13. The van der Waals surface area contributed by atoms with E-state index in [2.05, 4.69) is 39.3 Å². The van der Waals surface area contributed by atoms with Gasteiger partial charge in [-0.1, -0.05) is 69.6 Å². The standard InChI is InChI=1S/C17H10BrNO/c18-14-8-4-3-7-13(14)17-16-12-6-2-1-5-11(12)9-10-15(16)20-19-17/h1-10H. The second-order valence-electron chi connectivity index (χ2n) is 4.67. The number of benzene rings is 3. The molecule has 4 rings (SSSR count). The molecule has 0 N–H and O–H groups in total. The maximum absolute atomic E-state index is 5.50. The molecule has 0 spiro atoms. The molecule has 0 unspecified atom stereocenters. The van der Waals surface area contributed by atoms with Gasteiger partial charge in [-0.2, -0.15) is 0 Å². The lowest BCUT2D eigenvalue weighted by Crippen LogP contribution is -1.81. The van der Waals surface area contributed by atoms with Gasteiger partial charge in [0.25, 0.3) is 0 Å². The molecule has 0 radical (unpaired) electrons. The van der Waals surface area contributed by atoms with Gasteiger partial charge >= 0.3 is 0 Å². The highest BCUT2D eigenvalue weighted by Gasteiger charge is 2.15. The van der Waals surface area contributed by atoms with Crippen LogP contribution in [0, 0.1) is 0 Å². The van der Waals surface area contributed by atoms with Gasteiger partial charge < -0.3 is 4.52 Å². The quantitative estimate of drug-likeness (QED) is 0.468. The predicted octanol–water partition coefficient (Wildman–Crippen LogP) is 5.41. The van der Waals surface area contributed by atoms with Gasteiger partial charge in [-0.15, -0.1) is 0 Å². The van der Waals surface area contributed by atoms with Crippen molar-refractivity contribution < 1.29 is 4.52 Å². The molecular formula is C17H10BrNO. The fourth-order valence-corrected chi connectivity index (χ4v) is 3.02. The van der Waals surface area contributed by atoms with Crippen molar-refractivity contribution in [1.29, 1.82) is 0 Å². The Morgan fingerprint density at radius 2 is 1.65 bits per heavy atom. The monoisotopic (exact) mass is 323 g/mol. The van der Waals surface area contributed by atoms with Crippen molar-refractivity contribution >= 4 is 37.7 Å². The summed E-state index contributed by atoms with van der Waals surface area (Å²) in [6, 6.07) is 20.4. The summed E-state index contributed by atoms with van der Waals surface area (Å²) < 4.78 is 6.51. The fraction of sp³-hybridized carbons (Fsp3) is 0. The third-order valence-corrected chi connectivity index (χ3v) is 4.18. The molecule has 0 saturated carbocycles. The van der Waals surface area contributed by atoms with E-state index in [1.165, 1.54) is 5.39 Å². The number of hydrogen-bond donors (Lipinski definition) is 0. The van der Waals surface area contributed by atoms with Crippen molar-refractivity contribution in [2.45, 2.75) is 0 Å². The van der Waals surface area contributed by atoms with Crippen molar-refractivity contribution in [3.63, 3.8) is 0 Å². The molecule has 3 heteroatoms. The molecule has 20 heavy (non-hydrogen) atoms. The van der Waals surface area contributed by atoms with Crippen molar-refractivity contribution in [3.8, 4) is 11.3 Å². The van der Waals surface area contributed by atoms with Crippen LogP contribution in [-0.4, -0.2) is 5.16 Å². The average molecular weight is 324 g/mol. The molecule has 1 heterocycles. The lowest BCUT2D eigenvalue weighted by atomic mass is 10.0. The van der Waals surface area contributed by atoms with Gasteiger partial charge in [0, 0.05) is 10.0 Å². The summed E-state index contributed by atoms with van der Waals surface area (Å²) in [5.41, 5.74) is 2.74. The van der Waals surface area contributed by atoms with E-state index >= 15 is 0 Å². The largest absolute Gasteiger partial charge is 0.356 e. The van der Waals surface area contributed by atoms with E-state index in [0.717, 1.165) is 32.1 Å². The SMILES string of the molecule is Brc1ccccc1-c1noc2ccc3ccccc3c12. The highest BCUT2D eigenvalue weighted by atomic mass is 79.9. The summed E-state index contributed by atoms with van der Waals surface area (Å²) >= 11 is 3.59. The minimum absolute atomic E-state index is 0.814. The molecule has 2 nitrogen and oxygen atoms in total. The van der Waals surface area contributed by atoms with E-state index < -0.39 is 0 Å². The molecule has 0 fully saturated rings. The van der Waals surface area contributed by atoms with Crippen LogP contribution in [0.5, 0.6) is 0 Å². The van der Waals surface area contributed by atoms with Crippen molar-refractivity contribution in [2.24, 2.45) is 0 Å². The molecule has 0 aliphatic heterocycles. The molecule has 96 valence electrons. The van der Waals surface area contributed by atoms with Crippen LogP contribution in [0.2, 0.25) is 0 Å². The van der Waals surface area contributed by atoms with Gasteiger partial charge in [0.1, 0.15) is 5.69 Å². The molecule has 0 aliphatic carbocycles. The highest BCUT2D eigenvalue weighted by Crippen LogP contribution is 2.36. The molecule has 0 bridgehead atoms. The second-order valence-corrected chi connectivity index (χ2v) is 5.53. The van der Waals surface area contributed by atoms with Crippen molar-refractivity contribution in [1.82, 2.24) is 5.16 Å². The first-order chi connectivity index (χ1) is 9.84. The molecule has 3 aromatic carbocycles. The van der Waals surface area contributed by atoms with Gasteiger partial charge in [-0.25, -0.2) is 0 Å². The molecular weight excluding hydrogens is 314 g/mol. The normalized spacial score (nSPS) is 11.2. The average Bonchev–Trinajstić information content (AvgIpc) is 2.92. The Bertz CT molecular complexity index is 926. The van der Waals surface area contributed by atoms with Crippen LogP contribution >= 0.6 is 15.9 Å². The smallest absolute Gasteiger partial charge is 0.168 e. The van der Waals surface area contributed by atoms with E-state index in [1.807, 2.05) is 42.5 Å². The van der Waals surface area contributed by atoms with Crippen LogP contribution < -0.4 is 0 Å². The second kappa shape index (κ2) is 4.46. The fourth-order valence-electron chi connectivity index (χ4n) is 2.55. The third kappa shape index (κ3) is 1.67. The highest BCUT2D eigenvalue weighted by molar-refractivity contribution is 9.10. The first-order valence-electron chi connectivity index (χ1n) is 6.36. The van der Waals surface area contributed by atoms with Gasteiger partial charge in [-0.05, 0) is 22.9 Å². The molecule has 0 amide bonds. The first kappa shape index (κ1) is 11.7. The van der Waals surface area contributed by atoms with Crippen LogP contribution in [0.25, 0.3) is 33.0 Å². The van der Waals surface area contributed by atoms with E-state index in [9.17, 15) is 0 Å². The zero-order valence-electron chi connectivity index (χ0n) is 10.5. The van der Waals surface area contributed by atoms with E-state index in [1.54, 1.807) is 0 Å². The summed E-state index contributed by atoms with van der Waals surface area (Å²) in [5.74, 6) is 0. The van der Waals surface area contributed by atoms with E-state index in [4.69, 9.17) is 4.52 Å². The molecule has 0 saturated heterocycles. The maximum atomic E-state index is 5.50. The maximum Gasteiger partial charge on any atom is 0.168 e. The molecule has 0 aliphatic rings. The minimum atomic E-state index is 0.814. The minimum Gasteiger partial charge on any atom is -0.356 e. The lowest BCUT2D eigenvalue weighted by molar-refractivity contribution is 0.459. The number of hydrogen-bond acceptors (Lipinski definition) is 2. The van der Waals surface area contributed by atoms with Crippen LogP contribution in [0.1, 0.15) is 0 Å². The number of nitrogens with zero attached hydrogens (tertiary/aromatic N) is 1. The molecule has 1 aromatic heterocycles. The van der Waals surface area contributed by atoms with E-state index in [0.29, 0.717) is 0 Å². The van der Waals surface area contributed by atoms with Gasteiger partial charge in [0.05, 0.1) is 5.39 Å². The van der Waals surface area contributed by atoms with E-state index in [-0.39, 0.29) is 0 Å². The predicted molar refractivity (Wildman–Crippen MR) is 84.7 cm³/mol.